The van der Waals surface area contributed by atoms with Crippen molar-refractivity contribution >= 4 is 0 Å². The zero-order chi connectivity index (χ0) is 11.4. The molecule has 0 aliphatic carbocycles. The van der Waals surface area contributed by atoms with Crippen LogP contribution in [0.3, 0.4) is 0 Å². The van der Waals surface area contributed by atoms with Gasteiger partial charge in [0, 0.05) is 18.7 Å². The molecule has 1 saturated heterocycles. The van der Waals surface area contributed by atoms with Gasteiger partial charge in [-0.1, -0.05) is 12.1 Å². The smallest absolute Gasteiger partial charge is 0.150 e. The fraction of sp³-hybridized carbons (Fsp3) is 0.750. The first-order valence-corrected chi connectivity index (χ1v) is 5.99. The molecule has 2 atom stereocenters. The molecule has 0 bridgehead atoms. The van der Waals surface area contributed by atoms with E-state index in [1.165, 1.54) is 0 Å². The summed E-state index contributed by atoms with van der Waals surface area (Å²) in [7, 11) is 0. The second kappa shape index (κ2) is 4.97. The Morgan fingerprint density at radius 1 is 1.62 bits per heavy atom. The van der Waals surface area contributed by atoms with Crippen molar-refractivity contribution in [1.82, 2.24) is 10.5 Å². The Labute approximate surface area is 96.3 Å². The zero-order valence-electron chi connectivity index (χ0n) is 10.0. The average molecular weight is 224 g/mol. The Morgan fingerprint density at radius 2 is 2.50 bits per heavy atom. The highest BCUT2D eigenvalue weighted by molar-refractivity contribution is 4.94. The molecule has 1 N–H and O–H groups in total. The first-order valence-electron chi connectivity index (χ1n) is 5.99. The van der Waals surface area contributed by atoms with Gasteiger partial charge >= 0.3 is 0 Å². The van der Waals surface area contributed by atoms with Crippen LogP contribution in [-0.2, 0) is 11.3 Å². The minimum absolute atomic E-state index is 0.0390. The van der Waals surface area contributed by atoms with Crippen LogP contribution in [0.25, 0.3) is 0 Å². The van der Waals surface area contributed by atoms with Crippen LogP contribution in [0.1, 0.15) is 38.9 Å². The van der Waals surface area contributed by atoms with Crippen molar-refractivity contribution in [1.29, 1.82) is 0 Å². The predicted octanol–water partition coefficient (Wildman–Crippen LogP) is 2.11. The molecule has 1 fully saturated rings. The first-order chi connectivity index (χ1) is 7.72. The summed E-state index contributed by atoms with van der Waals surface area (Å²) < 4.78 is 10.9. The molecule has 0 amide bonds. The summed E-state index contributed by atoms with van der Waals surface area (Å²) >= 11 is 0. The maximum Gasteiger partial charge on any atom is 0.150 e. The number of aromatic nitrogens is 1. The first kappa shape index (κ1) is 11.6. The van der Waals surface area contributed by atoms with Gasteiger partial charge in [-0.2, -0.15) is 0 Å². The standard InChI is InChI=1S/C12H20N2O2/c1-3-12(2)8-10(5-7-15-12)13-9-11-4-6-14-16-11/h4,6,10,13H,3,5,7-9H2,1-2H3. The maximum atomic E-state index is 5.81. The highest BCUT2D eigenvalue weighted by Gasteiger charge is 2.31. The van der Waals surface area contributed by atoms with Crippen LogP contribution in [0, 0.1) is 0 Å². The van der Waals surface area contributed by atoms with Crippen molar-refractivity contribution in [2.24, 2.45) is 0 Å². The van der Waals surface area contributed by atoms with E-state index >= 15 is 0 Å². The number of ether oxygens (including phenoxy) is 1. The Morgan fingerprint density at radius 3 is 3.19 bits per heavy atom. The Kier molecular flexibility index (Phi) is 3.61. The molecular formula is C12H20N2O2. The molecule has 1 aromatic rings. The van der Waals surface area contributed by atoms with Gasteiger partial charge in [0.1, 0.15) is 5.76 Å². The van der Waals surface area contributed by atoms with Gasteiger partial charge in [0.05, 0.1) is 18.3 Å². The molecular weight excluding hydrogens is 204 g/mol. The molecule has 1 aliphatic heterocycles. The lowest BCUT2D eigenvalue weighted by molar-refractivity contribution is -0.0783. The van der Waals surface area contributed by atoms with Crippen LogP contribution in [0.2, 0.25) is 0 Å². The summed E-state index contributed by atoms with van der Waals surface area (Å²) in [4.78, 5) is 0. The molecule has 0 radical (unpaired) electrons. The summed E-state index contributed by atoms with van der Waals surface area (Å²) in [6.45, 7) is 5.97. The van der Waals surface area contributed by atoms with Gasteiger partial charge in [0.2, 0.25) is 0 Å². The predicted molar refractivity (Wildman–Crippen MR) is 61.0 cm³/mol. The molecule has 0 saturated carbocycles. The summed E-state index contributed by atoms with van der Waals surface area (Å²) in [6.07, 6.45) is 4.88. The van der Waals surface area contributed by atoms with E-state index in [-0.39, 0.29) is 5.60 Å². The fourth-order valence-corrected chi connectivity index (χ4v) is 2.13. The van der Waals surface area contributed by atoms with E-state index in [0.29, 0.717) is 6.04 Å². The van der Waals surface area contributed by atoms with Crippen molar-refractivity contribution in [3.63, 3.8) is 0 Å². The van der Waals surface area contributed by atoms with Gasteiger partial charge in [0.15, 0.2) is 0 Å². The highest BCUT2D eigenvalue weighted by atomic mass is 16.5. The topological polar surface area (TPSA) is 47.3 Å². The highest BCUT2D eigenvalue weighted by Crippen LogP contribution is 2.27. The SMILES string of the molecule is CCC1(C)CC(NCc2ccno2)CCO1. The van der Waals surface area contributed by atoms with Gasteiger partial charge in [-0.05, 0) is 26.2 Å². The summed E-state index contributed by atoms with van der Waals surface area (Å²) in [5, 5.41) is 7.19. The molecule has 4 heteroatoms. The van der Waals surface area contributed by atoms with Crippen LogP contribution in [0.5, 0.6) is 0 Å². The average Bonchev–Trinajstić information content (AvgIpc) is 2.80. The van der Waals surface area contributed by atoms with E-state index < -0.39 is 0 Å². The number of nitrogens with one attached hydrogen (secondary N) is 1. The van der Waals surface area contributed by atoms with Gasteiger partial charge in [-0.15, -0.1) is 0 Å². The molecule has 1 aromatic heterocycles. The Bertz CT molecular complexity index is 313. The molecule has 4 nitrogen and oxygen atoms in total. The molecule has 2 unspecified atom stereocenters. The maximum absolute atomic E-state index is 5.81. The third kappa shape index (κ3) is 2.83. The monoisotopic (exact) mass is 224 g/mol. The largest absolute Gasteiger partial charge is 0.375 e. The van der Waals surface area contributed by atoms with E-state index in [2.05, 4.69) is 24.3 Å². The van der Waals surface area contributed by atoms with Crippen LogP contribution in [0.4, 0.5) is 0 Å². The van der Waals surface area contributed by atoms with Gasteiger partial charge in [-0.3, -0.25) is 0 Å². The number of hydrogen-bond donors (Lipinski definition) is 1. The summed E-state index contributed by atoms with van der Waals surface area (Å²) in [5.41, 5.74) is 0.0390. The van der Waals surface area contributed by atoms with Gasteiger partial charge < -0.3 is 14.6 Å². The van der Waals surface area contributed by atoms with Gasteiger partial charge in [-0.25, -0.2) is 0 Å². The van der Waals surface area contributed by atoms with Crippen LogP contribution in [0.15, 0.2) is 16.8 Å². The quantitative estimate of drug-likeness (QED) is 0.851. The second-order valence-electron chi connectivity index (χ2n) is 4.70. The summed E-state index contributed by atoms with van der Waals surface area (Å²) in [6, 6.07) is 2.41. The fourth-order valence-electron chi connectivity index (χ4n) is 2.13. The third-order valence-electron chi connectivity index (χ3n) is 3.40. The van der Waals surface area contributed by atoms with E-state index in [9.17, 15) is 0 Å². The molecule has 0 spiro atoms. The van der Waals surface area contributed by atoms with Crippen LogP contribution >= 0.6 is 0 Å². The lowest BCUT2D eigenvalue weighted by atomic mass is 9.90. The van der Waals surface area contributed by atoms with Crippen molar-refractivity contribution < 1.29 is 9.26 Å². The number of nitrogens with zero attached hydrogens (tertiary/aromatic N) is 1. The lowest BCUT2D eigenvalue weighted by Crippen LogP contribution is -2.44. The second-order valence-corrected chi connectivity index (χ2v) is 4.70. The molecule has 2 rings (SSSR count). The van der Waals surface area contributed by atoms with Crippen LogP contribution < -0.4 is 5.32 Å². The normalized spacial score (nSPS) is 30.5. The summed E-state index contributed by atoms with van der Waals surface area (Å²) in [5.74, 6) is 0.893. The third-order valence-corrected chi connectivity index (χ3v) is 3.40. The van der Waals surface area contributed by atoms with Crippen molar-refractivity contribution in [2.45, 2.75) is 51.3 Å². The molecule has 2 heterocycles. The number of hydrogen-bond acceptors (Lipinski definition) is 4. The van der Waals surface area contributed by atoms with E-state index in [0.717, 1.165) is 38.2 Å². The van der Waals surface area contributed by atoms with E-state index in [1.54, 1.807) is 6.20 Å². The van der Waals surface area contributed by atoms with Gasteiger partial charge in [0.25, 0.3) is 0 Å². The lowest BCUT2D eigenvalue weighted by Gasteiger charge is -2.38. The van der Waals surface area contributed by atoms with E-state index in [4.69, 9.17) is 9.26 Å². The van der Waals surface area contributed by atoms with E-state index in [1.807, 2.05) is 6.07 Å². The number of rotatable bonds is 4. The molecule has 0 aromatic carbocycles. The Balaban J connectivity index is 1.81. The molecule has 16 heavy (non-hydrogen) atoms. The van der Waals surface area contributed by atoms with Crippen molar-refractivity contribution in [3.8, 4) is 0 Å². The Hall–Kier alpha value is -0.870. The minimum atomic E-state index is 0.0390. The zero-order valence-corrected chi connectivity index (χ0v) is 10.0. The van der Waals surface area contributed by atoms with Crippen molar-refractivity contribution in [2.75, 3.05) is 6.61 Å². The molecule has 90 valence electrons. The molecule has 1 aliphatic rings. The van der Waals surface area contributed by atoms with Crippen LogP contribution in [-0.4, -0.2) is 23.4 Å². The minimum Gasteiger partial charge on any atom is -0.375 e. The van der Waals surface area contributed by atoms with Crippen molar-refractivity contribution in [3.05, 3.63) is 18.0 Å².